The fraction of sp³-hybridized carbons (Fsp3) is 0.300. The van der Waals surface area contributed by atoms with E-state index in [4.69, 9.17) is 0 Å². The van der Waals surface area contributed by atoms with Gasteiger partial charge >= 0.3 is 0 Å². The van der Waals surface area contributed by atoms with Crippen molar-refractivity contribution in [2.24, 2.45) is 0 Å². The highest BCUT2D eigenvalue weighted by Crippen LogP contribution is 2.24. The number of carbonyl (C=O) groups is 1. The summed E-state index contributed by atoms with van der Waals surface area (Å²) < 4.78 is 0. The standard InChI is InChI=1S/C10H11NOS/c1-6(13)7-2-3-8-5-11-10(12)9(8)4-7/h2-4,6,13H,5H2,1H3,(H,11,12). The van der Waals surface area contributed by atoms with Gasteiger partial charge in [0.2, 0.25) is 0 Å². The maximum absolute atomic E-state index is 11.3. The number of nitrogens with one attached hydrogen (secondary N) is 1. The minimum atomic E-state index is 0.0332. The third-order valence-electron chi connectivity index (χ3n) is 2.30. The molecule has 1 amide bonds. The molecule has 0 saturated heterocycles. The van der Waals surface area contributed by atoms with Gasteiger partial charge in [0.25, 0.3) is 5.91 Å². The van der Waals surface area contributed by atoms with Crippen molar-refractivity contribution in [3.8, 4) is 0 Å². The summed E-state index contributed by atoms with van der Waals surface area (Å²) in [7, 11) is 0. The summed E-state index contributed by atoms with van der Waals surface area (Å²) in [5, 5.41) is 2.97. The summed E-state index contributed by atoms with van der Waals surface area (Å²) >= 11 is 4.33. The molecule has 0 radical (unpaired) electrons. The Bertz CT molecular complexity index is 360. The lowest BCUT2D eigenvalue weighted by Gasteiger charge is -2.05. The van der Waals surface area contributed by atoms with Gasteiger partial charge in [-0.25, -0.2) is 0 Å². The molecule has 0 fully saturated rings. The van der Waals surface area contributed by atoms with Gasteiger partial charge in [-0.3, -0.25) is 4.79 Å². The van der Waals surface area contributed by atoms with Crippen LogP contribution < -0.4 is 5.32 Å². The van der Waals surface area contributed by atoms with Crippen molar-refractivity contribution in [1.82, 2.24) is 5.32 Å². The van der Waals surface area contributed by atoms with Gasteiger partial charge in [-0.1, -0.05) is 12.1 Å². The van der Waals surface area contributed by atoms with E-state index in [0.717, 1.165) is 16.7 Å². The van der Waals surface area contributed by atoms with Crippen LogP contribution in [0.25, 0.3) is 0 Å². The van der Waals surface area contributed by atoms with Gasteiger partial charge in [0.05, 0.1) is 0 Å². The summed E-state index contributed by atoms with van der Waals surface area (Å²) in [6, 6.07) is 5.95. The van der Waals surface area contributed by atoms with Crippen molar-refractivity contribution >= 4 is 18.5 Å². The van der Waals surface area contributed by atoms with E-state index >= 15 is 0 Å². The summed E-state index contributed by atoms with van der Waals surface area (Å²) in [4.78, 5) is 11.3. The number of fused-ring (bicyclic) bond motifs is 1. The fourth-order valence-corrected chi connectivity index (χ4v) is 1.65. The van der Waals surface area contributed by atoms with Gasteiger partial charge in [-0.05, 0) is 24.1 Å². The van der Waals surface area contributed by atoms with E-state index in [9.17, 15) is 4.79 Å². The first-order valence-corrected chi connectivity index (χ1v) is 4.79. The van der Waals surface area contributed by atoms with E-state index in [-0.39, 0.29) is 11.2 Å². The van der Waals surface area contributed by atoms with Gasteiger partial charge in [0.15, 0.2) is 0 Å². The SMILES string of the molecule is CC(S)c1ccc2c(c1)C(=O)NC2. The summed E-state index contributed by atoms with van der Waals surface area (Å²) in [5.41, 5.74) is 2.99. The predicted molar refractivity (Wildman–Crippen MR) is 55.0 cm³/mol. The normalized spacial score (nSPS) is 16.6. The number of amides is 1. The van der Waals surface area contributed by atoms with Crippen LogP contribution in [0.1, 0.15) is 33.7 Å². The Hall–Kier alpha value is -0.960. The van der Waals surface area contributed by atoms with Crippen LogP contribution in [0.3, 0.4) is 0 Å². The van der Waals surface area contributed by atoms with Gasteiger partial charge in [0.1, 0.15) is 0 Å². The average molecular weight is 193 g/mol. The second-order valence-electron chi connectivity index (χ2n) is 3.28. The molecule has 1 aliphatic heterocycles. The van der Waals surface area contributed by atoms with E-state index < -0.39 is 0 Å². The van der Waals surface area contributed by atoms with Crippen LogP contribution in [0.2, 0.25) is 0 Å². The van der Waals surface area contributed by atoms with Crippen LogP contribution in [-0.4, -0.2) is 5.91 Å². The molecule has 2 nitrogen and oxygen atoms in total. The van der Waals surface area contributed by atoms with E-state index in [2.05, 4.69) is 17.9 Å². The fourth-order valence-electron chi connectivity index (χ4n) is 1.49. The Morgan fingerprint density at radius 3 is 3.00 bits per heavy atom. The molecule has 1 aromatic carbocycles. The molecule has 1 heterocycles. The highest BCUT2D eigenvalue weighted by molar-refractivity contribution is 7.80. The van der Waals surface area contributed by atoms with Gasteiger partial charge in [-0.15, -0.1) is 0 Å². The first-order valence-electron chi connectivity index (χ1n) is 4.27. The molecule has 1 N–H and O–H groups in total. The maximum Gasteiger partial charge on any atom is 0.251 e. The van der Waals surface area contributed by atoms with E-state index in [0.29, 0.717) is 6.54 Å². The number of rotatable bonds is 1. The predicted octanol–water partition coefficient (Wildman–Crippen LogP) is 1.92. The quantitative estimate of drug-likeness (QED) is 0.655. The second kappa shape index (κ2) is 3.07. The lowest BCUT2D eigenvalue weighted by atomic mass is 10.0. The Morgan fingerprint density at radius 2 is 2.31 bits per heavy atom. The minimum Gasteiger partial charge on any atom is -0.348 e. The lowest BCUT2D eigenvalue weighted by Crippen LogP contribution is -2.12. The Kier molecular flexibility index (Phi) is 2.04. The molecule has 13 heavy (non-hydrogen) atoms. The lowest BCUT2D eigenvalue weighted by molar-refractivity contribution is 0.0965. The van der Waals surface area contributed by atoms with Crippen molar-refractivity contribution in [2.75, 3.05) is 0 Å². The molecule has 0 spiro atoms. The number of hydrogen-bond donors (Lipinski definition) is 2. The minimum absolute atomic E-state index is 0.0332. The molecule has 1 unspecified atom stereocenters. The first kappa shape index (κ1) is 8.63. The Morgan fingerprint density at radius 1 is 1.54 bits per heavy atom. The van der Waals surface area contributed by atoms with Crippen LogP contribution in [-0.2, 0) is 6.54 Å². The molecular weight excluding hydrogens is 182 g/mol. The molecule has 1 aromatic rings. The van der Waals surface area contributed by atoms with Crippen molar-refractivity contribution in [3.63, 3.8) is 0 Å². The van der Waals surface area contributed by atoms with Crippen molar-refractivity contribution in [1.29, 1.82) is 0 Å². The zero-order chi connectivity index (χ0) is 9.42. The molecule has 2 rings (SSSR count). The zero-order valence-corrected chi connectivity index (χ0v) is 8.27. The molecule has 0 bridgehead atoms. The van der Waals surface area contributed by atoms with Gasteiger partial charge in [-0.2, -0.15) is 12.6 Å². The summed E-state index contributed by atoms with van der Waals surface area (Å²) in [5.74, 6) is 0.0332. The molecule has 68 valence electrons. The molecule has 0 saturated carbocycles. The largest absolute Gasteiger partial charge is 0.348 e. The molecule has 3 heteroatoms. The van der Waals surface area contributed by atoms with Crippen molar-refractivity contribution < 1.29 is 4.79 Å². The highest BCUT2D eigenvalue weighted by atomic mass is 32.1. The van der Waals surface area contributed by atoms with Gasteiger partial charge in [0, 0.05) is 17.4 Å². The molecular formula is C10H11NOS. The van der Waals surface area contributed by atoms with Gasteiger partial charge < -0.3 is 5.32 Å². The second-order valence-corrected chi connectivity index (χ2v) is 4.05. The highest BCUT2D eigenvalue weighted by Gasteiger charge is 2.18. The van der Waals surface area contributed by atoms with Crippen LogP contribution in [0, 0.1) is 0 Å². The van der Waals surface area contributed by atoms with Crippen LogP contribution >= 0.6 is 12.6 Å². The van der Waals surface area contributed by atoms with Crippen LogP contribution in [0.15, 0.2) is 18.2 Å². The number of hydrogen-bond acceptors (Lipinski definition) is 2. The third kappa shape index (κ3) is 1.44. The van der Waals surface area contributed by atoms with E-state index in [1.807, 2.05) is 25.1 Å². The van der Waals surface area contributed by atoms with Crippen LogP contribution in [0.5, 0.6) is 0 Å². The number of carbonyl (C=O) groups excluding carboxylic acids is 1. The first-order chi connectivity index (χ1) is 6.18. The molecule has 1 atom stereocenters. The Balaban J connectivity index is 2.48. The Labute approximate surface area is 82.8 Å². The van der Waals surface area contributed by atoms with Crippen molar-refractivity contribution in [3.05, 3.63) is 34.9 Å². The van der Waals surface area contributed by atoms with E-state index in [1.54, 1.807) is 0 Å². The monoisotopic (exact) mass is 193 g/mol. The van der Waals surface area contributed by atoms with Crippen molar-refractivity contribution in [2.45, 2.75) is 18.7 Å². The molecule has 0 aromatic heterocycles. The number of thiol groups is 1. The van der Waals surface area contributed by atoms with Crippen LogP contribution in [0.4, 0.5) is 0 Å². The topological polar surface area (TPSA) is 29.1 Å². The maximum atomic E-state index is 11.3. The average Bonchev–Trinajstić information content (AvgIpc) is 2.47. The summed E-state index contributed by atoms with van der Waals surface area (Å²) in [6.07, 6.45) is 0. The number of benzene rings is 1. The molecule has 0 aliphatic carbocycles. The summed E-state index contributed by atoms with van der Waals surface area (Å²) in [6.45, 7) is 2.66. The molecule has 1 aliphatic rings. The smallest absolute Gasteiger partial charge is 0.251 e. The van der Waals surface area contributed by atoms with E-state index in [1.165, 1.54) is 0 Å². The zero-order valence-electron chi connectivity index (χ0n) is 7.37. The third-order valence-corrected chi connectivity index (χ3v) is 2.60.